The van der Waals surface area contributed by atoms with Crippen molar-refractivity contribution in [2.45, 2.75) is 55.6 Å². The molecule has 18 nitrogen and oxygen atoms in total. The van der Waals surface area contributed by atoms with Gasteiger partial charge in [0.2, 0.25) is 0 Å². The molecular formula is C15H22N2O16P2-2. The maximum atomic E-state index is 12.0. The zero-order valence-corrected chi connectivity index (χ0v) is 19.3. The van der Waals surface area contributed by atoms with Crippen LogP contribution in [-0.4, -0.2) is 91.2 Å². The number of aromatic amines is 1. The Hall–Kier alpha value is -1.34. The standard InChI is InChI=1S/C15H24N2O16P2/c18-4-2-6-9(20)12(23)14(31-6)32-35(27,28)33-34(25,26)29-5-7-10(21)11(22)13(30-7)17-3-1-8(19)16-15(17)24/h1,3,6-7,9-14,18,20-23H,2,4-5H2,(H,25,26)(H,27,28)(H,16,19,24)/p-2/t6-,7+,9-,10+,11+,12+,13+,14+/m0/s1. The summed E-state index contributed by atoms with van der Waals surface area (Å²) in [4.78, 5) is 48.8. The molecule has 0 radical (unpaired) electrons. The highest BCUT2D eigenvalue weighted by Crippen LogP contribution is 2.57. The molecule has 0 saturated carbocycles. The zero-order valence-electron chi connectivity index (χ0n) is 17.5. The van der Waals surface area contributed by atoms with Gasteiger partial charge in [-0.15, -0.1) is 0 Å². The Balaban J connectivity index is 1.59. The van der Waals surface area contributed by atoms with Crippen molar-refractivity contribution in [2.75, 3.05) is 13.2 Å². The Morgan fingerprint density at radius 1 is 1.00 bits per heavy atom. The van der Waals surface area contributed by atoms with Crippen LogP contribution < -0.4 is 21.0 Å². The summed E-state index contributed by atoms with van der Waals surface area (Å²) in [6.45, 7) is -1.55. The summed E-state index contributed by atoms with van der Waals surface area (Å²) in [7, 11) is -11.5. The van der Waals surface area contributed by atoms with Crippen molar-refractivity contribution in [1.29, 1.82) is 0 Å². The predicted octanol–water partition coefficient (Wildman–Crippen LogP) is -5.03. The number of ether oxygens (including phenoxy) is 2. The van der Waals surface area contributed by atoms with E-state index in [1.807, 2.05) is 4.98 Å². The molecule has 3 heterocycles. The highest BCUT2D eigenvalue weighted by Gasteiger charge is 2.46. The van der Waals surface area contributed by atoms with E-state index < -0.39 is 89.2 Å². The molecule has 0 aliphatic carbocycles. The number of nitrogens with one attached hydrogen (secondary N) is 1. The minimum absolute atomic E-state index is 0.187. The molecule has 35 heavy (non-hydrogen) atoms. The van der Waals surface area contributed by atoms with Crippen LogP contribution in [0.1, 0.15) is 12.6 Å². The lowest BCUT2D eigenvalue weighted by Gasteiger charge is -2.33. The zero-order chi connectivity index (χ0) is 26.1. The van der Waals surface area contributed by atoms with Crippen molar-refractivity contribution < 1.29 is 67.3 Å². The third kappa shape index (κ3) is 6.71. The molecule has 3 rings (SSSR count). The van der Waals surface area contributed by atoms with E-state index in [0.29, 0.717) is 4.57 Å². The predicted molar refractivity (Wildman–Crippen MR) is 103 cm³/mol. The molecule has 2 fully saturated rings. The number of phosphoric acid groups is 2. The first-order valence-electron chi connectivity index (χ1n) is 9.86. The van der Waals surface area contributed by atoms with Crippen LogP contribution in [0.2, 0.25) is 0 Å². The molecule has 2 unspecified atom stereocenters. The second-order valence-corrected chi connectivity index (χ2v) is 10.4. The van der Waals surface area contributed by atoms with Crippen LogP contribution >= 0.6 is 15.6 Å². The normalized spacial score (nSPS) is 36.7. The number of H-pyrrole nitrogens is 1. The molecule has 2 aliphatic heterocycles. The summed E-state index contributed by atoms with van der Waals surface area (Å²) in [6.07, 6.45) is -12.8. The third-order valence-electron chi connectivity index (χ3n) is 5.02. The van der Waals surface area contributed by atoms with Crippen molar-refractivity contribution in [2.24, 2.45) is 0 Å². The van der Waals surface area contributed by atoms with E-state index in [2.05, 4.69) is 13.4 Å². The molecule has 20 heteroatoms. The quantitative estimate of drug-likeness (QED) is 0.149. The summed E-state index contributed by atoms with van der Waals surface area (Å²) < 4.78 is 47.3. The van der Waals surface area contributed by atoms with Gasteiger partial charge in [-0.1, -0.05) is 0 Å². The average molecular weight is 548 g/mol. The lowest BCUT2D eigenvalue weighted by atomic mass is 10.1. The lowest BCUT2D eigenvalue weighted by molar-refractivity contribution is -0.258. The summed E-state index contributed by atoms with van der Waals surface area (Å²) in [5.74, 6) is 0. The third-order valence-corrected chi connectivity index (χ3v) is 7.56. The van der Waals surface area contributed by atoms with Gasteiger partial charge >= 0.3 is 5.69 Å². The monoisotopic (exact) mass is 548 g/mol. The minimum atomic E-state index is -5.77. The van der Waals surface area contributed by atoms with Gasteiger partial charge in [-0.2, -0.15) is 0 Å². The average Bonchev–Trinajstić information content (AvgIpc) is 3.17. The molecule has 200 valence electrons. The van der Waals surface area contributed by atoms with Crippen LogP contribution in [-0.2, 0) is 32.0 Å². The van der Waals surface area contributed by atoms with Crippen LogP contribution in [0.25, 0.3) is 0 Å². The van der Waals surface area contributed by atoms with Gasteiger partial charge in [-0.3, -0.25) is 28.0 Å². The van der Waals surface area contributed by atoms with Gasteiger partial charge < -0.3 is 49.3 Å². The molecule has 10 atom stereocenters. The molecule has 1 aromatic rings. The Labute approximate surface area is 195 Å². The fraction of sp³-hybridized carbons (Fsp3) is 0.733. The highest BCUT2D eigenvalue weighted by molar-refractivity contribution is 7.59. The SMILES string of the molecule is O=c1ccn([C@@H]2O[C@H](COP(=O)([O-])OP(=O)([O-])O[C@H]3O[C@@H](CCO)[C@H](O)[C@H]3O)[C@@H](O)[C@H]2O)c(=O)[nH]1. The first kappa shape index (κ1) is 28.2. The molecule has 2 aliphatic rings. The smallest absolute Gasteiger partial charge is 0.330 e. The van der Waals surface area contributed by atoms with E-state index >= 15 is 0 Å². The second-order valence-electron chi connectivity index (χ2n) is 7.48. The molecular weight excluding hydrogens is 526 g/mol. The van der Waals surface area contributed by atoms with E-state index in [-0.39, 0.29) is 6.42 Å². The van der Waals surface area contributed by atoms with Crippen LogP contribution in [0.5, 0.6) is 0 Å². The number of nitrogens with zero attached hydrogens (tertiary/aromatic N) is 1. The Morgan fingerprint density at radius 3 is 2.29 bits per heavy atom. The molecule has 2 saturated heterocycles. The number of aliphatic hydroxyl groups excluding tert-OH is 5. The number of aromatic nitrogens is 2. The van der Waals surface area contributed by atoms with Crippen molar-refractivity contribution in [3.8, 4) is 0 Å². The Kier molecular flexibility index (Phi) is 8.84. The van der Waals surface area contributed by atoms with Gasteiger partial charge in [0.05, 0.1) is 12.7 Å². The van der Waals surface area contributed by atoms with Crippen molar-refractivity contribution in [1.82, 2.24) is 9.55 Å². The highest BCUT2D eigenvalue weighted by atomic mass is 31.3. The first-order valence-corrected chi connectivity index (χ1v) is 12.8. The fourth-order valence-corrected chi connectivity index (χ4v) is 5.43. The molecule has 0 bridgehead atoms. The van der Waals surface area contributed by atoms with Gasteiger partial charge in [0.25, 0.3) is 21.2 Å². The largest absolute Gasteiger partial charge is 0.756 e. The van der Waals surface area contributed by atoms with Gasteiger partial charge in [0.1, 0.15) is 30.5 Å². The Bertz CT molecular complexity index is 1090. The number of aliphatic hydroxyl groups is 5. The van der Waals surface area contributed by atoms with Crippen LogP contribution in [0.4, 0.5) is 0 Å². The molecule has 0 amide bonds. The van der Waals surface area contributed by atoms with Crippen LogP contribution in [0, 0.1) is 0 Å². The van der Waals surface area contributed by atoms with Crippen molar-refractivity contribution in [3.05, 3.63) is 33.1 Å². The molecule has 6 N–H and O–H groups in total. The van der Waals surface area contributed by atoms with Gasteiger partial charge in [-0.25, -0.2) is 9.11 Å². The molecule has 1 aromatic heterocycles. The summed E-state index contributed by atoms with van der Waals surface area (Å²) in [5.41, 5.74) is -1.75. The minimum Gasteiger partial charge on any atom is -0.756 e. The van der Waals surface area contributed by atoms with E-state index in [9.17, 15) is 48.9 Å². The maximum absolute atomic E-state index is 12.0. The number of hydrogen-bond donors (Lipinski definition) is 6. The number of rotatable bonds is 10. The van der Waals surface area contributed by atoms with Gasteiger partial charge in [-0.05, 0) is 6.42 Å². The maximum Gasteiger partial charge on any atom is 0.330 e. The molecule has 0 aromatic carbocycles. The lowest BCUT2D eigenvalue weighted by Crippen LogP contribution is -2.37. The molecule has 0 spiro atoms. The summed E-state index contributed by atoms with van der Waals surface area (Å²) >= 11 is 0. The number of phosphoric ester groups is 2. The summed E-state index contributed by atoms with van der Waals surface area (Å²) in [5, 5.41) is 48.6. The van der Waals surface area contributed by atoms with E-state index in [4.69, 9.17) is 14.6 Å². The van der Waals surface area contributed by atoms with Crippen molar-refractivity contribution >= 4 is 15.6 Å². The number of hydrogen-bond acceptors (Lipinski definition) is 16. The van der Waals surface area contributed by atoms with Crippen LogP contribution in [0.15, 0.2) is 21.9 Å². The Morgan fingerprint density at radius 2 is 1.66 bits per heavy atom. The topological polar surface area (TPSA) is 282 Å². The van der Waals surface area contributed by atoms with E-state index in [0.717, 1.165) is 12.3 Å². The van der Waals surface area contributed by atoms with E-state index in [1.165, 1.54) is 0 Å². The van der Waals surface area contributed by atoms with E-state index in [1.54, 1.807) is 0 Å². The van der Waals surface area contributed by atoms with Gasteiger partial charge in [0, 0.05) is 18.9 Å². The van der Waals surface area contributed by atoms with Crippen molar-refractivity contribution in [3.63, 3.8) is 0 Å². The first-order chi connectivity index (χ1) is 16.2. The second kappa shape index (κ2) is 11.0. The van der Waals surface area contributed by atoms with Crippen LogP contribution in [0.3, 0.4) is 0 Å². The summed E-state index contributed by atoms with van der Waals surface area (Å²) in [6, 6.07) is 0.926. The van der Waals surface area contributed by atoms with Gasteiger partial charge in [0.15, 0.2) is 12.5 Å². The fourth-order valence-electron chi connectivity index (χ4n) is 3.35.